The number of methoxy groups -OCH3 is 1. The average molecular weight is 219 g/mol. The third-order valence-corrected chi connectivity index (χ3v) is 1.98. The zero-order valence-corrected chi connectivity index (χ0v) is 9.08. The molecule has 0 aliphatic heterocycles. The second kappa shape index (κ2) is 5.67. The molecule has 0 aliphatic rings. The van der Waals surface area contributed by atoms with Crippen molar-refractivity contribution >= 4 is 18.4 Å². The molecule has 1 atom stereocenters. The van der Waals surface area contributed by atoms with Crippen molar-refractivity contribution in [3.63, 3.8) is 0 Å². The maximum atomic E-state index is 10.9. The summed E-state index contributed by atoms with van der Waals surface area (Å²) in [6.07, 6.45) is 2.11. The molecule has 0 saturated carbocycles. The van der Waals surface area contributed by atoms with Crippen molar-refractivity contribution in [1.82, 2.24) is 4.57 Å². The van der Waals surface area contributed by atoms with Gasteiger partial charge in [0.25, 0.3) is 0 Å². The molecule has 0 amide bonds. The van der Waals surface area contributed by atoms with Crippen molar-refractivity contribution < 1.29 is 9.53 Å². The summed E-state index contributed by atoms with van der Waals surface area (Å²) in [4.78, 5) is 10.9. The minimum absolute atomic E-state index is 0. The molecule has 1 aromatic heterocycles. The molecule has 1 aromatic rings. The van der Waals surface area contributed by atoms with Crippen LogP contribution in [0.2, 0.25) is 0 Å². The lowest BCUT2D eigenvalue weighted by Crippen LogP contribution is -2.18. The summed E-state index contributed by atoms with van der Waals surface area (Å²) >= 11 is 0. The van der Waals surface area contributed by atoms with Crippen LogP contribution in [0.3, 0.4) is 0 Å². The zero-order chi connectivity index (χ0) is 9.84. The van der Waals surface area contributed by atoms with Gasteiger partial charge in [0.2, 0.25) is 0 Å². The third kappa shape index (κ3) is 3.05. The van der Waals surface area contributed by atoms with Gasteiger partial charge in [-0.05, 0) is 12.1 Å². The van der Waals surface area contributed by atoms with Crippen LogP contribution in [0.15, 0.2) is 18.3 Å². The van der Waals surface area contributed by atoms with Crippen molar-refractivity contribution in [3.8, 4) is 0 Å². The van der Waals surface area contributed by atoms with E-state index in [9.17, 15) is 4.79 Å². The van der Waals surface area contributed by atoms with Crippen LogP contribution in [-0.4, -0.2) is 17.6 Å². The summed E-state index contributed by atoms with van der Waals surface area (Å²) in [5.74, 6) is -0.284. The number of nitrogens with two attached hydrogens (primary N) is 1. The summed E-state index contributed by atoms with van der Waals surface area (Å²) in [6, 6.07) is 3.51. The predicted octanol–water partition coefficient (Wildman–Crippen LogP) is 1.01. The fourth-order valence-electron chi connectivity index (χ4n) is 1.23. The Morgan fingerprint density at radius 1 is 1.71 bits per heavy atom. The van der Waals surface area contributed by atoms with Gasteiger partial charge in [-0.25, -0.2) is 0 Å². The third-order valence-electron chi connectivity index (χ3n) is 1.98. The van der Waals surface area contributed by atoms with Crippen LogP contribution in [0.1, 0.15) is 18.2 Å². The molecule has 4 nitrogen and oxygen atoms in total. The molecule has 14 heavy (non-hydrogen) atoms. The quantitative estimate of drug-likeness (QED) is 0.771. The minimum atomic E-state index is -0.285. The van der Waals surface area contributed by atoms with Crippen LogP contribution in [0.5, 0.6) is 0 Å². The molecule has 0 unspecified atom stereocenters. The summed E-state index contributed by atoms with van der Waals surface area (Å²) in [5.41, 5.74) is 6.73. The molecule has 1 heterocycles. The molecule has 0 radical (unpaired) electrons. The number of esters is 1. The Bertz CT molecular complexity index is 299. The first-order chi connectivity index (χ1) is 6.15. The van der Waals surface area contributed by atoms with E-state index in [0.29, 0.717) is 0 Å². The van der Waals surface area contributed by atoms with Gasteiger partial charge in [0.15, 0.2) is 0 Å². The number of ether oxygens (including phenoxy) is 1. The number of carbonyl (C=O) groups is 1. The summed E-state index contributed by atoms with van der Waals surface area (Å²) in [7, 11) is 3.26. The summed E-state index contributed by atoms with van der Waals surface area (Å²) in [6.45, 7) is 0. The van der Waals surface area contributed by atoms with E-state index < -0.39 is 0 Å². The number of rotatable bonds is 3. The molecule has 0 bridgehead atoms. The van der Waals surface area contributed by atoms with E-state index in [-0.39, 0.29) is 30.8 Å². The first-order valence-electron chi connectivity index (χ1n) is 4.08. The van der Waals surface area contributed by atoms with Gasteiger partial charge in [-0.3, -0.25) is 4.79 Å². The van der Waals surface area contributed by atoms with E-state index in [1.807, 2.05) is 29.9 Å². The Balaban J connectivity index is 0.00000169. The standard InChI is InChI=1S/C9H14N2O2.ClH/c1-11-5-3-4-8(11)7(10)6-9(12)13-2;/h3-5,7H,6,10H2,1-2H3;1H/t7-;/m0./s1. The highest BCUT2D eigenvalue weighted by Gasteiger charge is 2.13. The van der Waals surface area contributed by atoms with Gasteiger partial charge >= 0.3 is 5.97 Å². The molecule has 0 spiro atoms. The van der Waals surface area contributed by atoms with E-state index in [1.54, 1.807) is 0 Å². The molecule has 0 fully saturated rings. The van der Waals surface area contributed by atoms with Gasteiger partial charge in [-0.2, -0.15) is 0 Å². The van der Waals surface area contributed by atoms with Crippen LogP contribution in [0.4, 0.5) is 0 Å². The number of aromatic nitrogens is 1. The predicted molar refractivity (Wildman–Crippen MR) is 56.2 cm³/mol. The normalized spacial score (nSPS) is 11.6. The Kier molecular flexibility index (Phi) is 5.27. The molecule has 0 aliphatic carbocycles. The number of hydrogen-bond acceptors (Lipinski definition) is 3. The van der Waals surface area contributed by atoms with Crippen molar-refractivity contribution in [3.05, 3.63) is 24.0 Å². The van der Waals surface area contributed by atoms with Crippen LogP contribution in [-0.2, 0) is 16.6 Å². The van der Waals surface area contributed by atoms with Crippen LogP contribution in [0, 0.1) is 0 Å². The maximum absolute atomic E-state index is 10.9. The van der Waals surface area contributed by atoms with Crippen molar-refractivity contribution in [2.45, 2.75) is 12.5 Å². The van der Waals surface area contributed by atoms with Gasteiger partial charge < -0.3 is 15.0 Å². The minimum Gasteiger partial charge on any atom is -0.469 e. The van der Waals surface area contributed by atoms with E-state index in [0.717, 1.165) is 5.69 Å². The lowest BCUT2D eigenvalue weighted by atomic mass is 10.1. The van der Waals surface area contributed by atoms with Crippen LogP contribution >= 0.6 is 12.4 Å². The van der Waals surface area contributed by atoms with Gasteiger partial charge in [0.05, 0.1) is 19.6 Å². The highest BCUT2D eigenvalue weighted by molar-refractivity contribution is 5.85. The number of aryl methyl sites for hydroxylation is 1. The van der Waals surface area contributed by atoms with Gasteiger partial charge in [-0.1, -0.05) is 0 Å². The fourth-order valence-corrected chi connectivity index (χ4v) is 1.23. The van der Waals surface area contributed by atoms with E-state index in [2.05, 4.69) is 4.74 Å². The second-order valence-electron chi connectivity index (χ2n) is 2.93. The fraction of sp³-hybridized carbons (Fsp3) is 0.444. The Hall–Kier alpha value is -1.00. The lowest BCUT2D eigenvalue weighted by Gasteiger charge is -2.11. The SMILES string of the molecule is COC(=O)C[C@H](N)c1cccn1C.Cl. The number of hydrogen-bond donors (Lipinski definition) is 1. The van der Waals surface area contributed by atoms with E-state index in [1.165, 1.54) is 7.11 Å². The maximum Gasteiger partial charge on any atom is 0.307 e. The Morgan fingerprint density at radius 3 is 2.79 bits per heavy atom. The molecular weight excluding hydrogens is 204 g/mol. The molecule has 80 valence electrons. The number of carbonyl (C=O) groups excluding carboxylic acids is 1. The lowest BCUT2D eigenvalue weighted by molar-refractivity contribution is -0.141. The van der Waals surface area contributed by atoms with E-state index in [4.69, 9.17) is 5.73 Å². The van der Waals surface area contributed by atoms with Crippen molar-refractivity contribution in [2.24, 2.45) is 12.8 Å². The molecule has 5 heteroatoms. The molecular formula is C9H15ClN2O2. The van der Waals surface area contributed by atoms with Gasteiger partial charge in [0.1, 0.15) is 0 Å². The summed E-state index contributed by atoms with van der Waals surface area (Å²) in [5, 5.41) is 0. The first kappa shape index (κ1) is 13.0. The number of nitrogens with zero attached hydrogens (tertiary/aromatic N) is 1. The van der Waals surface area contributed by atoms with Crippen LogP contribution < -0.4 is 5.73 Å². The summed E-state index contributed by atoms with van der Waals surface area (Å²) < 4.78 is 6.43. The van der Waals surface area contributed by atoms with E-state index >= 15 is 0 Å². The molecule has 0 aromatic carbocycles. The first-order valence-corrected chi connectivity index (χ1v) is 4.08. The molecule has 0 saturated heterocycles. The second-order valence-corrected chi connectivity index (χ2v) is 2.93. The van der Waals surface area contributed by atoms with Crippen molar-refractivity contribution in [2.75, 3.05) is 7.11 Å². The highest BCUT2D eigenvalue weighted by atomic mass is 35.5. The van der Waals surface area contributed by atoms with Crippen molar-refractivity contribution in [1.29, 1.82) is 0 Å². The van der Waals surface area contributed by atoms with Gasteiger partial charge in [0, 0.05) is 18.9 Å². The largest absolute Gasteiger partial charge is 0.469 e. The smallest absolute Gasteiger partial charge is 0.307 e. The zero-order valence-electron chi connectivity index (χ0n) is 8.27. The average Bonchev–Trinajstić information content (AvgIpc) is 2.51. The monoisotopic (exact) mass is 218 g/mol. The molecule has 2 N–H and O–H groups in total. The molecule has 1 rings (SSSR count). The Morgan fingerprint density at radius 2 is 2.36 bits per heavy atom. The number of halogens is 1. The Labute approximate surface area is 89.4 Å². The van der Waals surface area contributed by atoms with Gasteiger partial charge in [-0.15, -0.1) is 12.4 Å². The highest BCUT2D eigenvalue weighted by Crippen LogP contribution is 2.13. The van der Waals surface area contributed by atoms with Crippen LogP contribution in [0.25, 0.3) is 0 Å². The topological polar surface area (TPSA) is 57.2 Å².